The van der Waals surface area contributed by atoms with Crippen molar-refractivity contribution in [2.24, 2.45) is 0 Å². The van der Waals surface area contributed by atoms with Crippen molar-refractivity contribution in [2.75, 3.05) is 19.5 Å². The Kier molecular flexibility index (Phi) is 3.86. The lowest BCUT2D eigenvalue weighted by molar-refractivity contribution is 0.395. The van der Waals surface area contributed by atoms with Gasteiger partial charge in [0.25, 0.3) is 0 Å². The molecule has 0 saturated carbocycles. The first kappa shape index (κ1) is 12.2. The highest BCUT2D eigenvalue weighted by Gasteiger charge is 2.07. The monoisotopic (exact) mass is 314 g/mol. The molecule has 0 bridgehead atoms. The number of methoxy groups -OCH3 is 2. The van der Waals surface area contributed by atoms with E-state index < -0.39 is 0 Å². The van der Waals surface area contributed by atoms with Crippen molar-refractivity contribution in [3.05, 3.63) is 28.2 Å². The minimum absolute atomic E-state index is 0.718. The number of rotatable bonds is 4. The van der Waals surface area contributed by atoms with E-state index in [1.165, 1.54) is 11.3 Å². The minimum Gasteiger partial charge on any atom is -0.497 e. The molecule has 0 fully saturated rings. The molecule has 1 aromatic heterocycles. The predicted molar refractivity (Wildman–Crippen MR) is 72.6 cm³/mol. The van der Waals surface area contributed by atoms with Crippen molar-refractivity contribution < 1.29 is 9.47 Å². The summed E-state index contributed by atoms with van der Waals surface area (Å²) in [6.07, 6.45) is 0. The fourth-order valence-corrected chi connectivity index (χ4v) is 2.49. The Morgan fingerprint density at radius 3 is 2.71 bits per heavy atom. The van der Waals surface area contributed by atoms with E-state index in [-0.39, 0.29) is 0 Å². The number of hydrogen-bond donors (Lipinski definition) is 1. The van der Waals surface area contributed by atoms with Gasteiger partial charge in [-0.1, -0.05) is 0 Å². The van der Waals surface area contributed by atoms with E-state index in [4.69, 9.17) is 9.47 Å². The van der Waals surface area contributed by atoms with Crippen LogP contribution in [0.2, 0.25) is 0 Å². The van der Waals surface area contributed by atoms with Crippen molar-refractivity contribution in [3.8, 4) is 11.5 Å². The molecule has 90 valence electrons. The summed E-state index contributed by atoms with van der Waals surface area (Å²) in [4.78, 5) is 4.26. The highest BCUT2D eigenvalue weighted by Crippen LogP contribution is 2.32. The first-order chi connectivity index (χ1) is 8.22. The van der Waals surface area contributed by atoms with Crippen molar-refractivity contribution in [1.29, 1.82) is 0 Å². The van der Waals surface area contributed by atoms with Gasteiger partial charge < -0.3 is 14.8 Å². The second-order valence-electron chi connectivity index (χ2n) is 3.17. The van der Waals surface area contributed by atoms with Crippen LogP contribution in [0.1, 0.15) is 0 Å². The fourth-order valence-electron chi connectivity index (χ4n) is 1.33. The third kappa shape index (κ3) is 2.89. The third-order valence-electron chi connectivity index (χ3n) is 2.13. The Morgan fingerprint density at radius 1 is 1.29 bits per heavy atom. The van der Waals surface area contributed by atoms with Crippen LogP contribution in [0.4, 0.5) is 10.8 Å². The first-order valence-corrected chi connectivity index (χ1v) is 6.50. The molecule has 17 heavy (non-hydrogen) atoms. The van der Waals surface area contributed by atoms with Gasteiger partial charge in [0.15, 0.2) is 5.13 Å². The largest absolute Gasteiger partial charge is 0.497 e. The summed E-state index contributed by atoms with van der Waals surface area (Å²) >= 11 is 4.83. The van der Waals surface area contributed by atoms with Crippen molar-refractivity contribution >= 4 is 38.1 Å². The van der Waals surface area contributed by atoms with E-state index in [0.717, 1.165) is 26.9 Å². The number of hydrogen-bond acceptors (Lipinski definition) is 5. The predicted octanol–water partition coefficient (Wildman–Crippen LogP) is 3.67. The third-order valence-corrected chi connectivity index (χ3v) is 3.59. The molecule has 0 unspecified atom stereocenters. The number of halogens is 1. The number of thiazole rings is 1. The first-order valence-electron chi connectivity index (χ1n) is 4.83. The lowest BCUT2D eigenvalue weighted by Gasteiger charge is -2.10. The summed E-state index contributed by atoms with van der Waals surface area (Å²) in [5.74, 6) is 1.48. The maximum Gasteiger partial charge on any atom is 0.188 e. The van der Waals surface area contributed by atoms with Crippen LogP contribution in [0.15, 0.2) is 28.2 Å². The topological polar surface area (TPSA) is 43.4 Å². The number of nitrogens with one attached hydrogen (secondary N) is 1. The quantitative estimate of drug-likeness (QED) is 0.935. The Labute approximate surface area is 112 Å². The van der Waals surface area contributed by atoms with E-state index in [0.29, 0.717) is 0 Å². The normalized spacial score (nSPS) is 10.1. The smallest absolute Gasteiger partial charge is 0.188 e. The van der Waals surface area contributed by atoms with Crippen molar-refractivity contribution in [2.45, 2.75) is 0 Å². The second-order valence-corrected chi connectivity index (χ2v) is 4.84. The molecule has 1 N–H and O–H groups in total. The molecule has 0 saturated heterocycles. The summed E-state index contributed by atoms with van der Waals surface area (Å²) in [6, 6.07) is 5.59. The molecule has 1 heterocycles. The van der Waals surface area contributed by atoms with Gasteiger partial charge in [0.1, 0.15) is 16.1 Å². The zero-order chi connectivity index (χ0) is 12.3. The van der Waals surface area contributed by atoms with E-state index in [9.17, 15) is 0 Å². The standard InChI is InChI=1S/C11H11BrN2O2S/c1-15-7-3-4-8(9(5-7)16-2)13-11-14-10(12)6-17-11/h3-6H,1-2H3,(H,13,14). The highest BCUT2D eigenvalue weighted by atomic mass is 79.9. The van der Waals surface area contributed by atoms with Crippen LogP contribution >= 0.6 is 27.3 Å². The van der Waals surface area contributed by atoms with Gasteiger partial charge in [-0.05, 0) is 28.1 Å². The van der Waals surface area contributed by atoms with Crippen LogP contribution in [-0.4, -0.2) is 19.2 Å². The summed E-state index contributed by atoms with van der Waals surface area (Å²) in [6.45, 7) is 0. The Balaban J connectivity index is 2.26. The van der Waals surface area contributed by atoms with E-state index in [2.05, 4.69) is 26.2 Å². The molecule has 0 amide bonds. The zero-order valence-electron chi connectivity index (χ0n) is 9.36. The van der Waals surface area contributed by atoms with Crippen molar-refractivity contribution in [3.63, 3.8) is 0 Å². The van der Waals surface area contributed by atoms with Crippen LogP contribution < -0.4 is 14.8 Å². The molecule has 0 spiro atoms. The number of benzene rings is 1. The minimum atomic E-state index is 0.718. The molecular weight excluding hydrogens is 304 g/mol. The average molecular weight is 315 g/mol. The lowest BCUT2D eigenvalue weighted by Crippen LogP contribution is -1.95. The fraction of sp³-hybridized carbons (Fsp3) is 0.182. The maximum atomic E-state index is 5.29. The van der Waals surface area contributed by atoms with Crippen LogP contribution in [0, 0.1) is 0 Å². The highest BCUT2D eigenvalue weighted by molar-refractivity contribution is 9.10. The molecule has 0 aliphatic rings. The summed E-state index contributed by atoms with van der Waals surface area (Å²) < 4.78 is 11.2. The SMILES string of the molecule is COc1ccc(Nc2nc(Br)cs2)c(OC)c1. The number of anilines is 2. The molecule has 0 aliphatic carbocycles. The molecule has 6 heteroatoms. The molecule has 1 aromatic carbocycles. The molecule has 2 aromatic rings. The van der Waals surface area contributed by atoms with E-state index in [1.54, 1.807) is 14.2 Å². The van der Waals surface area contributed by atoms with Crippen LogP contribution in [0.3, 0.4) is 0 Å². The van der Waals surface area contributed by atoms with Crippen molar-refractivity contribution in [1.82, 2.24) is 4.98 Å². The second kappa shape index (κ2) is 5.37. The summed E-state index contributed by atoms with van der Waals surface area (Å²) in [7, 11) is 3.25. The average Bonchev–Trinajstić information content (AvgIpc) is 2.75. The number of aromatic nitrogens is 1. The summed E-state index contributed by atoms with van der Waals surface area (Å²) in [5.41, 5.74) is 0.857. The Hall–Kier alpha value is -1.27. The van der Waals surface area contributed by atoms with Gasteiger partial charge in [-0.15, -0.1) is 11.3 Å². The van der Waals surface area contributed by atoms with Gasteiger partial charge in [0.05, 0.1) is 19.9 Å². The Bertz CT molecular complexity index is 516. The zero-order valence-corrected chi connectivity index (χ0v) is 11.8. The number of ether oxygens (including phenoxy) is 2. The molecule has 0 atom stereocenters. The van der Waals surface area contributed by atoms with Crippen LogP contribution in [0.5, 0.6) is 11.5 Å². The van der Waals surface area contributed by atoms with Crippen LogP contribution in [-0.2, 0) is 0 Å². The van der Waals surface area contributed by atoms with Gasteiger partial charge in [-0.3, -0.25) is 0 Å². The van der Waals surface area contributed by atoms with Gasteiger partial charge in [-0.2, -0.15) is 0 Å². The molecule has 2 rings (SSSR count). The molecule has 0 aliphatic heterocycles. The summed E-state index contributed by atoms with van der Waals surface area (Å²) in [5, 5.41) is 5.91. The van der Waals surface area contributed by atoms with E-state index >= 15 is 0 Å². The maximum absolute atomic E-state index is 5.29. The van der Waals surface area contributed by atoms with Gasteiger partial charge >= 0.3 is 0 Å². The molecule has 0 radical (unpaired) electrons. The van der Waals surface area contributed by atoms with E-state index in [1.807, 2.05) is 23.6 Å². The van der Waals surface area contributed by atoms with Gasteiger partial charge in [0, 0.05) is 11.4 Å². The van der Waals surface area contributed by atoms with Gasteiger partial charge in [0.2, 0.25) is 0 Å². The number of nitrogens with zero attached hydrogens (tertiary/aromatic N) is 1. The molecule has 4 nitrogen and oxygen atoms in total. The Morgan fingerprint density at radius 2 is 2.12 bits per heavy atom. The van der Waals surface area contributed by atoms with Crippen LogP contribution in [0.25, 0.3) is 0 Å². The lowest BCUT2D eigenvalue weighted by atomic mass is 10.3. The van der Waals surface area contributed by atoms with Gasteiger partial charge in [-0.25, -0.2) is 4.98 Å². The molecular formula is C11H11BrN2O2S.